The number of nitrogens with zero attached hydrogens (tertiary/aromatic N) is 1. The molecule has 1 N–H and O–H groups in total. The Morgan fingerprint density at radius 2 is 1.62 bits per heavy atom. The fourth-order valence-corrected chi connectivity index (χ4v) is 2.21. The number of rotatable bonds is 8. The Hall–Kier alpha value is -2.37. The molecule has 132 valence electrons. The van der Waals surface area contributed by atoms with E-state index in [4.69, 9.17) is 0 Å². The maximum atomic E-state index is 12.4. The number of carbonyl (C=O) groups excluding carboxylic acids is 3. The van der Waals surface area contributed by atoms with Crippen LogP contribution < -0.4 is 5.32 Å². The monoisotopic (exact) mass is 334 g/mol. The molecule has 1 aromatic carbocycles. The third kappa shape index (κ3) is 5.68. The van der Waals surface area contributed by atoms with Crippen LogP contribution in [0.1, 0.15) is 49.9 Å². The van der Waals surface area contributed by atoms with Crippen LogP contribution in [0.15, 0.2) is 24.3 Å². The highest BCUT2D eigenvalue weighted by atomic mass is 16.5. The van der Waals surface area contributed by atoms with E-state index in [1.54, 1.807) is 23.1 Å². The maximum absolute atomic E-state index is 12.4. The van der Waals surface area contributed by atoms with Crippen molar-refractivity contribution < 1.29 is 19.1 Å². The molecule has 6 heteroatoms. The Bertz CT molecular complexity index is 564. The van der Waals surface area contributed by atoms with Crippen molar-refractivity contribution in [3.8, 4) is 0 Å². The molecule has 0 heterocycles. The van der Waals surface area contributed by atoms with E-state index in [1.807, 2.05) is 13.8 Å². The molecule has 0 saturated heterocycles. The highest BCUT2D eigenvalue weighted by Crippen LogP contribution is 2.16. The summed E-state index contributed by atoms with van der Waals surface area (Å²) >= 11 is 0. The minimum atomic E-state index is -0.737. The lowest BCUT2D eigenvalue weighted by atomic mass is 10.1. The van der Waals surface area contributed by atoms with Gasteiger partial charge in [-0.1, -0.05) is 38.8 Å². The van der Waals surface area contributed by atoms with Crippen molar-refractivity contribution >= 4 is 23.5 Å². The molecule has 0 unspecified atom stereocenters. The van der Waals surface area contributed by atoms with E-state index >= 15 is 0 Å². The van der Waals surface area contributed by atoms with Crippen LogP contribution in [0.5, 0.6) is 0 Å². The van der Waals surface area contributed by atoms with E-state index in [2.05, 4.69) is 10.1 Å². The van der Waals surface area contributed by atoms with Gasteiger partial charge in [0, 0.05) is 13.1 Å². The van der Waals surface area contributed by atoms with Crippen LogP contribution >= 0.6 is 0 Å². The van der Waals surface area contributed by atoms with Gasteiger partial charge in [-0.15, -0.1) is 0 Å². The molecule has 0 aromatic heterocycles. The number of amides is 2. The van der Waals surface area contributed by atoms with Crippen LogP contribution in [0.25, 0.3) is 0 Å². The van der Waals surface area contributed by atoms with Gasteiger partial charge in [-0.2, -0.15) is 0 Å². The number of methoxy groups -OCH3 is 1. The van der Waals surface area contributed by atoms with Crippen LogP contribution in [-0.4, -0.2) is 42.9 Å². The molecule has 0 fully saturated rings. The molecule has 1 rings (SSSR count). The van der Waals surface area contributed by atoms with Gasteiger partial charge in [0.2, 0.25) is 0 Å². The second-order valence-corrected chi connectivity index (χ2v) is 5.49. The van der Waals surface area contributed by atoms with E-state index in [0.717, 1.165) is 25.7 Å². The Labute approximate surface area is 143 Å². The van der Waals surface area contributed by atoms with E-state index in [9.17, 15) is 14.4 Å². The first kappa shape index (κ1) is 19.7. The number of unbranched alkanes of at least 4 members (excludes halogenated alkanes) is 2. The van der Waals surface area contributed by atoms with Gasteiger partial charge in [0.05, 0.1) is 18.4 Å². The zero-order chi connectivity index (χ0) is 17.9. The molecule has 0 atom stereocenters. The number of esters is 1. The molecule has 2 amide bonds. The third-order valence-electron chi connectivity index (χ3n) is 3.63. The number of hydrogen-bond donors (Lipinski definition) is 1. The van der Waals surface area contributed by atoms with Crippen LogP contribution in [0.4, 0.5) is 5.69 Å². The molecule has 1 aromatic rings. The second kappa shape index (κ2) is 10.4. The molecule has 0 saturated carbocycles. The molecule has 0 aliphatic carbocycles. The lowest BCUT2D eigenvalue weighted by molar-refractivity contribution is -0.143. The Kier molecular flexibility index (Phi) is 8.54. The summed E-state index contributed by atoms with van der Waals surface area (Å²) in [4.78, 5) is 38.0. The summed E-state index contributed by atoms with van der Waals surface area (Å²) in [5, 5.41) is 2.53. The zero-order valence-corrected chi connectivity index (χ0v) is 14.6. The summed E-state index contributed by atoms with van der Waals surface area (Å²) in [5.74, 6) is -1.87. The third-order valence-corrected chi connectivity index (χ3v) is 3.63. The van der Waals surface area contributed by atoms with Gasteiger partial charge in [-0.3, -0.25) is 9.59 Å². The average molecular weight is 334 g/mol. The first-order chi connectivity index (χ1) is 11.5. The molecule has 0 radical (unpaired) electrons. The van der Waals surface area contributed by atoms with Gasteiger partial charge in [-0.05, 0) is 25.0 Å². The van der Waals surface area contributed by atoms with Crippen molar-refractivity contribution in [1.82, 2.24) is 4.90 Å². The quantitative estimate of drug-likeness (QED) is 0.586. The topological polar surface area (TPSA) is 75.7 Å². The Balaban J connectivity index is 2.84. The van der Waals surface area contributed by atoms with Gasteiger partial charge in [0.15, 0.2) is 0 Å². The van der Waals surface area contributed by atoms with E-state index in [0.29, 0.717) is 13.1 Å². The average Bonchev–Trinajstić information content (AvgIpc) is 2.61. The van der Waals surface area contributed by atoms with Gasteiger partial charge in [0.1, 0.15) is 0 Å². The summed E-state index contributed by atoms with van der Waals surface area (Å²) in [6.07, 6.45) is 3.59. The minimum absolute atomic E-state index is 0.217. The number of hydrogen-bond acceptors (Lipinski definition) is 4. The number of benzene rings is 1. The lowest BCUT2D eigenvalue weighted by Crippen LogP contribution is -2.41. The molecular weight excluding hydrogens is 308 g/mol. The zero-order valence-electron chi connectivity index (χ0n) is 14.6. The van der Waals surface area contributed by atoms with Crippen molar-refractivity contribution in [1.29, 1.82) is 0 Å². The fourth-order valence-electron chi connectivity index (χ4n) is 2.21. The summed E-state index contributed by atoms with van der Waals surface area (Å²) in [6.45, 7) is 5.19. The predicted octanol–water partition coefficient (Wildman–Crippen LogP) is 2.84. The fraction of sp³-hybridized carbons (Fsp3) is 0.500. The van der Waals surface area contributed by atoms with Crippen molar-refractivity contribution in [2.45, 2.75) is 39.5 Å². The van der Waals surface area contributed by atoms with Crippen molar-refractivity contribution in [3.05, 3.63) is 29.8 Å². The second-order valence-electron chi connectivity index (χ2n) is 5.49. The van der Waals surface area contributed by atoms with E-state index in [-0.39, 0.29) is 11.3 Å². The molecule has 24 heavy (non-hydrogen) atoms. The van der Waals surface area contributed by atoms with Crippen molar-refractivity contribution in [2.24, 2.45) is 0 Å². The lowest BCUT2D eigenvalue weighted by Gasteiger charge is -2.22. The van der Waals surface area contributed by atoms with Gasteiger partial charge in [0.25, 0.3) is 0 Å². The molecule has 0 aliphatic heterocycles. The Morgan fingerprint density at radius 3 is 2.17 bits per heavy atom. The largest absolute Gasteiger partial charge is 0.465 e. The number of ether oxygens (including phenoxy) is 1. The Morgan fingerprint density at radius 1 is 1.04 bits per heavy atom. The van der Waals surface area contributed by atoms with Crippen molar-refractivity contribution in [2.75, 3.05) is 25.5 Å². The van der Waals surface area contributed by atoms with Crippen LogP contribution in [-0.2, 0) is 14.3 Å². The summed E-state index contributed by atoms with van der Waals surface area (Å²) < 4.78 is 4.69. The highest BCUT2D eigenvalue weighted by Gasteiger charge is 2.23. The van der Waals surface area contributed by atoms with Crippen LogP contribution in [0.2, 0.25) is 0 Å². The summed E-state index contributed by atoms with van der Waals surface area (Å²) in [6, 6.07) is 6.45. The van der Waals surface area contributed by atoms with Gasteiger partial charge < -0.3 is 15.0 Å². The van der Waals surface area contributed by atoms with Crippen molar-refractivity contribution in [3.63, 3.8) is 0 Å². The molecular formula is C18H26N2O4. The normalized spacial score (nSPS) is 10.1. The molecule has 6 nitrogen and oxygen atoms in total. The summed E-state index contributed by atoms with van der Waals surface area (Å²) in [7, 11) is 1.27. The van der Waals surface area contributed by atoms with Gasteiger partial charge >= 0.3 is 17.8 Å². The SMILES string of the molecule is CCCCN(CCCC)C(=O)C(=O)Nc1ccccc1C(=O)OC. The number of nitrogens with one attached hydrogen (secondary N) is 1. The first-order valence-corrected chi connectivity index (χ1v) is 8.32. The van der Waals surface area contributed by atoms with E-state index < -0.39 is 17.8 Å². The summed E-state index contributed by atoms with van der Waals surface area (Å²) in [5.41, 5.74) is 0.489. The number of anilines is 1. The number of carbonyl (C=O) groups is 3. The predicted molar refractivity (Wildman–Crippen MR) is 92.8 cm³/mol. The van der Waals surface area contributed by atoms with E-state index in [1.165, 1.54) is 13.2 Å². The first-order valence-electron chi connectivity index (χ1n) is 8.32. The standard InChI is InChI=1S/C18H26N2O4/c1-4-6-12-20(13-7-5-2)17(22)16(21)19-15-11-9-8-10-14(15)18(23)24-3/h8-11H,4-7,12-13H2,1-3H3,(H,19,21). The minimum Gasteiger partial charge on any atom is -0.465 e. The molecule has 0 bridgehead atoms. The van der Waals surface area contributed by atoms with Gasteiger partial charge in [-0.25, -0.2) is 4.79 Å². The maximum Gasteiger partial charge on any atom is 0.339 e. The highest BCUT2D eigenvalue weighted by molar-refractivity contribution is 6.39. The van der Waals surface area contributed by atoms with Crippen LogP contribution in [0.3, 0.4) is 0 Å². The molecule has 0 spiro atoms. The van der Waals surface area contributed by atoms with Crippen LogP contribution in [0, 0.1) is 0 Å². The molecule has 0 aliphatic rings. The number of para-hydroxylation sites is 1. The smallest absolute Gasteiger partial charge is 0.339 e.